The van der Waals surface area contributed by atoms with Gasteiger partial charge in [0.25, 0.3) is 11.8 Å². The Bertz CT molecular complexity index is 1700. The van der Waals surface area contributed by atoms with E-state index in [4.69, 9.17) is 14.4 Å². The summed E-state index contributed by atoms with van der Waals surface area (Å²) in [6.45, 7) is 9.50. The van der Waals surface area contributed by atoms with Crippen LogP contribution in [-0.2, 0) is 31.1 Å². The lowest BCUT2D eigenvalue weighted by Crippen LogP contribution is -2.81. The lowest BCUT2D eigenvalue weighted by atomic mass is 9.47. The predicted octanol–water partition coefficient (Wildman–Crippen LogP) is 4.96. The average Bonchev–Trinajstić information content (AvgIpc) is 3.48. The third kappa shape index (κ3) is 5.03. The van der Waals surface area contributed by atoms with E-state index in [1.54, 1.807) is 55.5 Å². The van der Waals surface area contributed by atoms with Gasteiger partial charge in [-0.25, -0.2) is 5.06 Å². The number of hydroxylamine groups is 3. The molecule has 1 saturated carbocycles. The van der Waals surface area contributed by atoms with Crippen LogP contribution in [0, 0.1) is 0 Å². The number of carbonyl (C=O) groups is 2. The van der Waals surface area contributed by atoms with Crippen molar-refractivity contribution in [2.75, 3.05) is 31.4 Å². The van der Waals surface area contributed by atoms with Crippen molar-refractivity contribution in [3.63, 3.8) is 0 Å². The van der Waals surface area contributed by atoms with E-state index in [0.717, 1.165) is 30.5 Å². The monoisotopic (exact) mass is 667 g/mol. The Morgan fingerprint density at radius 2 is 1.61 bits per heavy atom. The van der Waals surface area contributed by atoms with Gasteiger partial charge in [0, 0.05) is 18.2 Å². The van der Waals surface area contributed by atoms with Crippen LogP contribution in [0.2, 0.25) is 0 Å². The first-order valence-electron chi connectivity index (χ1n) is 17.4. The van der Waals surface area contributed by atoms with Crippen LogP contribution in [0.5, 0.6) is 5.75 Å². The van der Waals surface area contributed by atoms with E-state index in [2.05, 4.69) is 11.5 Å². The molecule has 3 aromatic rings. The molecule has 49 heavy (non-hydrogen) atoms. The minimum Gasteiger partial charge on any atom is -0.487 e. The second-order valence-electron chi connectivity index (χ2n) is 13.3. The minimum absolute atomic E-state index is 0.155. The molecule has 2 aliphatic heterocycles. The lowest BCUT2D eigenvalue weighted by molar-refractivity contribution is -0.278. The molecule has 2 fully saturated rings. The van der Waals surface area contributed by atoms with E-state index in [1.807, 2.05) is 37.3 Å². The number of hydrogen-bond acceptors (Lipinski definition) is 8. The first-order valence-corrected chi connectivity index (χ1v) is 17.4. The maximum absolute atomic E-state index is 14.6. The number of aliphatic hydroxyl groups excluding tert-OH is 2. The molecule has 10 nitrogen and oxygen atoms in total. The van der Waals surface area contributed by atoms with Gasteiger partial charge in [0.2, 0.25) is 0 Å². The van der Waals surface area contributed by atoms with Gasteiger partial charge in [0.1, 0.15) is 17.5 Å². The number of nitrogens with zero attached hydrogens (tertiary/aromatic N) is 3. The predicted molar refractivity (Wildman–Crippen MR) is 183 cm³/mol. The van der Waals surface area contributed by atoms with Crippen LogP contribution in [0.25, 0.3) is 0 Å². The van der Waals surface area contributed by atoms with Gasteiger partial charge in [-0.2, -0.15) is 5.06 Å². The molecule has 4 aliphatic rings. The lowest BCUT2D eigenvalue weighted by Gasteiger charge is -2.67. The van der Waals surface area contributed by atoms with Gasteiger partial charge < -0.3 is 14.9 Å². The number of benzene rings is 3. The molecule has 2 aliphatic carbocycles. The summed E-state index contributed by atoms with van der Waals surface area (Å²) in [5, 5.41) is 25.5. The maximum atomic E-state index is 14.6. The number of piperidine rings is 1. The standard InChI is InChI=1S/C39H45N3O7/c1-4-23-40-24-22-38-31-18-13-21-39(38,42(48-6-3)37(46)34(44)27-16-11-8-12-17-27)30(40)25-28-19-20-29(35(49-31)32(28)38)41(47-5-2)36(45)33(43)26-14-9-7-10-15-26/h4,7-12,14-17,19-20,30-31,33-34,43-44H,1,5-6,13,18,21-25H2,2-3H3/t30-,31?,33+,34+,38-,39-/m1/s1. The number of anilines is 1. The molecule has 2 heterocycles. The normalized spacial score (nSPS) is 26.2. The summed E-state index contributed by atoms with van der Waals surface area (Å²) >= 11 is 0. The maximum Gasteiger partial charge on any atom is 0.284 e. The van der Waals surface area contributed by atoms with Crippen LogP contribution in [0.4, 0.5) is 5.69 Å². The van der Waals surface area contributed by atoms with Crippen LogP contribution in [0.15, 0.2) is 85.5 Å². The average molecular weight is 668 g/mol. The molecular weight excluding hydrogens is 622 g/mol. The van der Waals surface area contributed by atoms with Gasteiger partial charge in [-0.15, -0.1) is 6.58 Å². The summed E-state index contributed by atoms with van der Waals surface area (Å²) in [7, 11) is 0. The number of likely N-dealkylation sites (tertiary alicyclic amines) is 1. The summed E-state index contributed by atoms with van der Waals surface area (Å²) in [5.74, 6) is -0.597. The zero-order chi connectivity index (χ0) is 34.3. The van der Waals surface area contributed by atoms with Gasteiger partial charge in [-0.05, 0) is 75.3 Å². The molecule has 3 aromatic carbocycles. The van der Waals surface area contributed by atoms with E-state index < -0.39 is 35.0 Å². The molecule has 10 heteroatoms. The van der Waals surface area contributed by atoms with E-state index in [0.29, 0.717) is 48.4 Å². The molecule has 1 spiro atoms. The summed E-state index contributed by atoms with van der Waals surface area (Å²) in [6, 6.07) is 21.5. The SMILES string of the molecule is C=CCN1CC[C@]23c4c5ccc(N(OCC)C(=O)[C@@H](O)c6ccccc6)c4OC2CCC[C@@]3(N(OCC)C(=O)[C@@H](O)c2ccccc2)[C@H]1C5. The molecule has 2 bridgehead atoms. The van der Waals surface area contributed by atoms with Gasteiger partial charge in [0.05, 0.1) is 24.2 Å². The molecule has 1 unspecified atom stereocenters. The number of hydrogen-bond donors (Lipinski definition) is 2. The fraction of sp³-hybridized carbons (Fsp3) is 0.436. The highest BCUT2D eigenvalue weighted by Crippen LogP contribution is 2.67. The molecule has 2 N–H and O–H groups in total. The Morgan fingerprint density at radius 1 is 0.959 bits per heavy atom. The van der Waals surface area contributed by atoms with Crippen LogP contribution < -0.4 is 9.80 Å². The second kappa shape index (κ2) is 13.3. The summed E-state index contributed by atoms with van der Waals surface area (Å²) in [4.78, 5) is 43.4. The van der Waals surface area contributed by atoms with Crippen molar-refractivity contribution < 1.29 is 34.2 Å². The highest BCUT2D eigenvalue weighted by Gasteiger charge is 2.75. The molecule has 0 aromatic heterocycles. The zero-order valence-corrected chi connectivity index (χ0v) is 28.2. The van der Waals surface area contributed by atoms with Gasteiger partial charge in [0.15, 0.2) is 12.2 Å². The fourth-order valence-corrected chi connectivity index (χ4v) is 9.25. The van der Waals surface area contributed by atoms with E-state index in [9.17, 15) is 19.8 Å². The number of aliphatic hydroxyl groups is 2. The minimum atomic E-state index is -1.45. The van der Waals surface area contributed by atoms with Crippen molar-refractivity contribution in [3.05, 3.63) is 108 Å². The molecule has 258 valence electrons. The third-order valence-corrected chi connectivity index (χ3v) is 11.0. The smallest absolute Gasteiger partial charge is 0.284 e. The van der Waals surface area contributed by atoms with Gasteiger partial charge >= 0.3 is 0 Å². The highest BCUT2D eigenvalue weighted by molar-refractivity contribution is 5.97. The summed E-state index contributed by atoms with van der Waals surface area (Å²) in [6.07, 6.45) is 2.12. The van der Waals surface area contributed by atoms with Crippen molar-refractivity contribution in [1.29, 1.82) is 0 Å². The van der Waals surface area contributed by atoms with E-state index >= 15 is 0 Å². The quantitative estimate of drug-likeness (QED) is 0.206. The second-order valence-corrected chi connectivity index (χ2v) is 13.3. The van der Waals surface area contributed by atoms with Crippen LogP contribution in [0.1, 0.15) is 74.0 Å². The number of carbonyl (C=O) groups excluding carboxylic acids is 2. The molecule has 6 atom stereocenters. The third-order valence-electron chi connectivity index (χ3n) is 11.0. The van der Waals surface area contributed by atoms with E-state index in [-0.39, 0.29) is 25.4 Å². The van der Waals surface area contributed by atoms with Gasteiger partial charge in [-0.3, -0.25) is 24.2 Å². The summed E-state index contributed by atoms with van der Waals surface area (Å²) < 4.78 is 7.00. The first-order chi connectivity index (χ1) is 23.8. The largest absolute Gasteiger partial charge is 0.487 e. The van der Waals surface area contributed by atoms with Crippen molar-refractivity contribution in [3.8, 4) is 5.75 Å². The highest BCUT2D eigenvalue weighted by atomic mass is 16.7. The molecule has 2 amide bonds. The zero-order valence-electron chi connectivity index (χ0n) is 28.2. The summed E-state index contributed by atoms with van der Waals surface area (Å²) in [5.41, 5.74) is 1.81. The van der Waals surface area contributed by atoms with Crippen molar-refractivity contribution in [2.24, 2.45) is 0 Å². The van der Waals surface area contributed by atoms with Gasteiger partial charge in [-0.1, -0.05) is 72.8 Å². The van der Waals surface area contributed by atoms with E-state index in [1.165, 1.54) is 10.1 Å². The Balaban J connectivity index is 1.40. The number of ether oxygens (including phenoxy) is 1. The Morgan fingerprint density at radius 3 is 2.24 bits per heavy atom. The molecule has 1 saturated heterocycles. The number of rotatable bonds is 12. The molecule has 7 rings (SSSR count). The van der Waals surface area contributed by atoms with Crippen molar-refractivity contribution in [1.82, 2.24) is 9.96 Å². The van der Waals surface area contributed by atoms with Crippen molar-refractivity contribution in [2.45, 2.75) is 81.3 Å². The van der Waals surface area contributed by atoms with Crippen LogP contribution >= 0.6 is 0 Å². The first kappa shape index (κ1) is 33.4. The fourth-order valence-electron chi connectivity index (χ4n) is 9.25. The Kier molecular flexibility index (Phi) is 9.10. The topological polar surface area (TPSA) is 112 Å². The van der Waals surface area contributed by atoms with Crippen molar-refractivity contribution >= 4 is 17.5 Å². The molecular formula is C39H45N3O7. The molecule has 0 radical (unpaired) electrons. The van der Waals surface area contributed by atoms with Crippen LogP contribution in [-0.4, -0.2) is 76.0 Å². The Hall–Kier alpha value is -4.06. The van der Waals surface area contributed by atoms with Crippen LogP contribution in [0.3, 0.4) is 0 Å². The number of amides is 2. The Labute approximate surface area is 287 Å².